The van der Waals surface area contributed by atoms with Crippen LogP contribution in [-0.4, -0.2) is 36.5 Å². The second-order valence-electron chi connectivity index (χ2n) is 3.01. The van der Waals surface area contributed by atoms with E-state index in [0.717, 1.165) is 26.1 Å². The van der Waals surface area contributed by atoms with Crippen molar-refractivity contribution < 1.29 is 4.79 Å². The molecule has 0 aromatic carbocycles. The van der Waals surface area contributed by atoms with Gasteiger partial charge < -0.3 is 10.2 Å². The summed E-state index contributed by atoms with van der Waals surface area (Å²) >= 11 is 0. The number of amides is 1. The molecule has 0 spiro atoms. The van der Waals surface area contributed by atoms with Crippen molar-refractivity contribution in [2.75, 3.05) is 19.6 Å². The van der Waals surface area contributed by atoms with Crippen LogP contribution in [0.5, 0.6) is 0 Å². The number of carbonyl (C=O) groups is 1. The fourth-order valence-corrected chi connectivity index (χ4v) is 1.50. The van der Waals surface area contributed by atoms with Crippen molar-refractivity contribution in [2.24, 2.45) is 0 Å². The van der Waals surface area contributed by atoms with E-state index in [9.17, 15) is 4.79 Å². The maximum atomic E-state index is 10.9. The first-order valence-electron chi connectivity index (χ1n) is 4.23. The molecule has 0 aromatic heterocycles. The highest BCUT2D eigenvalue weighted by Gasteiger charge is 2.22. The molecule has 1 atom stereocenters. The van der Waals surface area contributed by atoms with E-state index >= 15 is 0 Å². The van der Waals surface area contributed by atoms with Gasteiger partial charge in [-0.25, -0.2) is 0 Å². The lowest BCUT2D eigenvalue weighted by Crippen LogP contribution is -2.33. The van der Waals surface area contributed by atoms with E-state index in [1.54, 1.807) is 6.92 Å². The summed E-state index contributed by atoms with van der Waals surface area (Å²) in [7, 11) is 0. The van der Waals surface area contributed by atoms with Crippen molar-refractivity contribution in [1.82, 2.24) is 10.2 Å². The number of nitrogens with zero attached hydrogens (tertiary/aromatic N) is 1. The van der Waals surface area contributed by atoms with Crippen LogP contribution in [0.1, 0.15) is 20.3 Å². The normalized spacial score (nSPS) is 24.2. The third-order valence-corrected chi connectivity index (χ3v) is 2.13. The minimum atomic E-state index is 0.199. The zero-order chi connectivity index (χ0) is 8.27. The molecule has 1 saturated heterocycles. The van der Waals surface area contributed by atoms with Crippen LogP contribution in [0.4, 0.5) is 0 Å². The van der Waals surface area contributed by atoms with Gasteiger partial charge in [0, 0.05) is 26.1 Å². The van der Waals surface area contributed by atoms with Gasteiger partial charge in [-0.1, -0.05) is 6.92 Å². The summed E-state index contributed by atoms with van der Waals surface area (Å²) in [5, 5.41) is 3.34. The summed E-state index contributed by atoms with van der Waals surface area (Å²) < 4.78 is 0. The monoisotopic (exact) mass is 156 g/mol. The molecule has 1 fully saturated rings. The molecule has 1 heterocycles. The molecule has 3 nitrogen and oxygen atoms in total. The van der Waals surface area contributed by atoms with Gasteiger partial charge in [0.1, 0.15) is 0 Å². The molecule has 0 bridgehead atoms. The molecular weight excluding hydrogens is 140 g/mol. The topological polar surface area (TPSA) is 32.3 Å². The Morgan fingerprint density at radius 2 is 2.45 bits per heavy atom. The zero-order valence-corrected chi connectivity index (χ0v) is 7.26. The molecule has 11 heavy (non-hydrogen) atoms. The van der Waals surface area contributed by atoms with Crippen molar-refractivity contribution in [3.63, 3.8) is 0 Å². The average Bonchev–Trinajstić information content (AvgIpc) is 2.37. The summed E-state index contributed by atoms with van der Waals surface area (Å²) in [5.41, 5.74) is 0. The molecule has 0 unspecified atom stereocenters. The van der Waals surface area contributed by atoms with E-state index < -0.39 is 0 Å². The predicted octanol–water partition coefficient (Wildman–Crippen LogP) is 0.217. The maximum absolute atomic E-state index is 10.9. The Balaban J connectivity index is 2.29. The third kappa shape index (κ3) is 2.19. The van der Waals surface area contributed by atoms with Crippen LogP contribution < -0.4 is 5.32 Å². The molecule has 0 saturated carbocycles. The van der Waals surface area contributed by atoms with Gasteiger partial charge in [0.2, 0.25) is 5.91 Å². The molecule has 1 N–H and O–H groups in total. The number of likely N-dealkylation sites (tertiary alicyclic amines) is 1. The van der Waals surface area contributed by atoms with Crippen LogP contribution in [0, 0.1) is 0 Å². The van der Waals surface area contributed by atoms with Gasteiger partial charge in [-0.15, -0.1) is 0 Å². The smallest absolute Gasteiger partial charge is 0.219 e. The maximum Gasteiger partial charge on any atom is 0.219 e. The van der Waals surface area contributed by atoms with Crippen molar-refractivity contribution in [1.29, 1.82) is 0 Å². The first kappa shape index (κ1) is 8.53. The largest absolute Gasteiger partial charge is 0.341 e. The lowest BCUT2D eigenvalue weighted by molar-refractivity contribution is -0.127. The molecule has 1 aliphatic rings. The number of hydrogen-bond donors (Lipinski definition) is 1. The highest BCUT2D eigenvalue weighted by Crippen LogP contribution is 2.08. The molecule has 1 aliphatic heterocycles. The van der Waals surface area contributed by atoms with E-state index in [0.29, 0.717) is 6.04 Å². The Labute approximate surface area is 67.8 Å². The average molecular weight is 156 g/mol. The summed E-state index contributed by atoms with van der Waals surface area (Å²) in [5.74, 6) is 0.199. The second-order valence-corrected chi connectivity index (χ2v) is 3.01. The SMILES string of the molecule is CCN[C@H]1CCN(C(C)=O)C1. The first-order valence-corrected chi connectivity index (χ1v) is 4.23. The minimum Gasteiger partial charge on any atom is -0.341 e. The molecular formula is C8H16N2O. The molecule has 1 rings (SSSR count). The summed E-state index contributed by atoms with van der Waals surface area (Å²) in [6.45, 7) is 6.54. The summed E-state index contributed by atoms with van der Waals surface area (Å²) in [4.78, 5) is 12.8. The lowest BCUT2D eigenvalue weighted by atomic mass is 10.3. The molecule has 0 radical (unpaired) electrons. The summed E-state index contributed by atoms with van der Waals surface area (Å²) in [6.07, 6.45) is 1.10. The van der Waals surface area contributed by atoms with Crippen LogP contribution in [0.2, 0.25) is 0 Å². The van der Waals surface area contributed by atoms with Crippen molar-refractivity contribution in [3.05, 3.63) is 0 Å². The highest BCUT2D eigenvalue weighted by molar-refractivity contribution is 5.73. The first-order chi connectivity index (χ1) is 5.24. The number of hydrogen-bond acceptors (Lipinski definition) is 2. The van der Waals surface area contributed by atoms with Gasteiger partial charge in [0.05, 0.1) is 0 Å². The van der Waals surface area contributed by atoms with E-state index in [-0.39, 0.29) is 5.91 Å². The fraction of sp³-hybridized carbons (Fsp3) is 0.875. The molecule has 3 heteroatoms. The van der Waals surface area contributed by atoms with Gasteiger partial charge in [0.25, 0.3) is 0 Å². The Hall–Kier alpha value is -0.570. The van der Waals surface area contributed by atoms with Crippen LogP contribution >= 0.6 is 0 Å². The fourth-order valence-electron chi connectivity index (χ4n) is 1.50. The Morgan fingerprint density at radius 1 is 1.73 bits per heavy atom. The predicted molar refractivity (Wildman–Crippen MR) is 44.3 cm³/mol. The van der Waals surface area contributed by atoms with Gasteiger partial charge >= 0.3 is 0 Å². The third-order valence-electron chi connectivity index (χ3n) is 2.13. The van der Waals surface area contributed by atoms with E-state index in [1.807, 2.05) is 4.90 Å². The second kappa shape index (κ2) is 3.72. The van der Waals surface area contributed by atoms with Crippen molar-refractivity contribution in [2.45, 2.75) is 26.3 Å². The lowest BCUT2D eigenvalue weighted by Gasteiger charge is -2.13. The van der Waals surface area contributed by atoms with Crippen LogP contribution in [0.25, 0.3) is 0 Å². The van der Waals surface area contributed by atoms with Crippen LogP contribution in [0.15, 0.2) is 0 Å². The minimum absolute atomic E-state index is 0.199. The zero-order valence-electron chi connectivity index (χ0n) is 7.26. The van der Waals surface area contributed by atoms with Crippen LogP contribution in [0.3, 0.4) is 0 Å². The Morgan fingerprint density at radius 3 is 2.91 bits per heavy atom. The Kier molecular flexibility index (Phi) is 2.88. The van der Waals surface area contributed by atoms with E-state index in [2.05, 4.69) is 12.2 Å². The van der Waals surface area contributed by atoms with Gasteiger partial charge in [0.15, 0.2) is 0 Å². The van der Waals surface area contributed by atoms with Crippen LogP contribution in [-0.2, 0) is 4.79 Å². The number of likely N-dealkylation sites (N-methyl/N-ethyl adjacent to an activating group) is 1. The molecule has 0 aliphatic carbocycles. The number of nitrogens with one attached hydrogen (secondary N) is 1. The van der Waals surface area contributed by atoms with E-state index in [1.165, 1.54) is 0 Å². The summed E-state index contributed by atoms with van der Waals surface area (Å²) in [6, 6.07) is 0.531. The van der Waals surface area contributed by atoms with Gasteiger partial charge in [-0.3, -0.25) is 4.79 Å². The Bertz CT molecular complexity index is 147. The highest BCUT2D eigenvalue weighted by atomic mass is 16.2. The van der Waals surface area contributed by atoms with E-state index in [4.69, 9.17) is 0 Å². The number of carbonyl (C=O) groups excluding carboxylic acids is 1. The van der Waals surface area contributed by atoms with Crippen molar-refractivity contribution in [3.8, 4) is 0 Å². The number of rotatable bonds is 2. The molecule has 1 amide bonds. The van der Waals surface area contributed by atoms with Crippen molar-refractivity contribution >= 4 is 5.91 Å². The van der Waals surface area contributed by atoms with Gasteiger partial charge in [-0.2, -0.15) is 0 Å². The molecule has 0 aromatic rings. The molecule has 64 valence electrons. The van der Waals surface area contributed by atoms with Gasteiger partial charge in [-0.05, 0) is 13.0 Å². The quantitative estimate of drug-likeness (QED) is 0.620. The standard InChI is InChI=1S/C8H16N2O/c1-3-9-8-4-5-10(6-8)7(2)11/h8-9H,3-6H2,1-2H3/t8-/m0/s1.